The fourth-order valence-corrected chi connectivity index (χ4v) is 8.11. The molecule has 0 bridgehead atoms. The molecule has 7 rings (SSSR count). The smallest absolute Gasteiger partial charge is 0.241 e. The van der Waals surface area contributed by atoms with Crippen LogP contribution in [-0.4, -0.2) is 40.7 Å². The number of para-hydroxylation sites is 1. The predicted octanol–water partition coefficient (Wildman–Crippen LogP) is 4.83. The molecule has 1 N–H and O–H groups in total. The van der Waals surface area contributed by atoms with E-state index < -0.39 is 35.0 Å². The van der Waals surface area contributed by atoms with Gasteiger partial charge in [-0.15, -0.1) is 0 Å². The van der Waals surface area contributed by atoms with Crippen LogP contribution in [0.4, 0.5) is 5.69 Å². The van der Waals surface area contributed by atoms with E-state index >= 15 is 0 Å². The zero-order valence-corrected chi connectivity index (χ0v) is 24.0. The lowest BCUT2D eigenvalue weighted by atomic mass is 9.51. The molecule has 0 aromatic heterocycles. The van der Waals surface area contributed by atoms with Gasteiger partial charge in [-0.3, -0.25) is 24.1 Å². The Morgan fingerprint density at radius 3 is 2.28 bits per heavy atom. The van der Waals surface area contributed by atoms with Crippen LogP contribution in [-0.2, 0) is 25.7 Å². The maximum absolute atomic E-state index is 14.5. The molecule has 2 heterocycles. The number of allylic oxidation sites excluding steroid dienone is 2. The third kappa shape index (κ3) is 3.89. The number of hydrogen-bond acceptors (Lipinski definition) is 6. The summed E-state index contributed by atoms with van der Waals surface area (Å²) in [7, 11) is 1.50. The van der Waals surface area contributed by atoms with Crippen molar-refractivity contribution in [2.24, 2.45) is 29.1 Å². The molecule has 3 aromatic rings. The maximum Gasteiger partial charge on any atom is 0.241 e. The standard InChI is InChI=1S/C35H32N2O6/c1-35-27(32(40)37(34(35)42)21-11-7-4-8-12-21)18-26-23(30(35)24-14-13-22(38)17-28(24)43-2)15-16-25-29(26)33(41)36(31(25)39)19-20-9-5-3-6-10-20/h3-15,17,25-27,29-30,38H,16,18-19H2,1-2H3/t25-,26+,27-,29-,30+,35+/m0/s1. The Labute approximate surface area is 249 Å². The average molecular weight is 577 g/mol. The highest BCUT2D eigenvalue weighted by atomic mass is 16.5. The largest absolute Gasteiger partial charge is 0.508 e. The molecule has 0 radical (unpaired) electrons. The minimum absolute atomic E-state index is 0.0141. The monoisotopic (exact) mass is 576 g/mol. The molecule has 4 amide bonds. The molecule has 3 fully saturated rings. The summed E-state index contributed by atoms with van der Waals surface area (Å²) in [6, 6.07) is 23.1. The molecule has 6 atom stereocenters. The number of nitrogens with zero attached hydrogens (tertiary/aromatic N) is 2. The Morgan fingerprint density at radius 1 is 0.884 bits per heavy atom. The van der Waals surface area contributed by atoms with Gasteiger partial charge in [-0.25, -0.2) is 4.90 Å². The second-order valence-corrected chi connectivity index (χ2v) is 12.2. The van der Waals surface area contributed by atoms with Crippen LogP contribution in [0.3, 0.4) is 0 Å². The number of hydrogen-bond donors (Lipinski definition) is 1. The minimum atomic E-state index is -1.18. The topological polar surface area (TPSA) is 104 Å². The van der Waals surface area contributed by atoms with Gasteiger partial charge in [0.15, 0.2) is 0 Å². The molecule has 2 aliphatic carbocycles. The van der Waals surface area contributed by atoms with E-state index in [-0.39, 0.29) is 42.3 Å². The van der Waals surface area contributed by atoms with E-state index in [9.17, 15) is 24.3 Å². The number of aromatic hydroxyl groups is 1. The zero-order chi connectivity index (χ0) is 30.0. The van der Waals surface area contributed by atoms with E-state index in [1.54, 1.807) is 36.4 Å². The van der Waals surface area contributed by atoms with E-state index in [0.29, 0.717) is 23.4 Å². The summed E-state index contributed by atoms with van der Waals surface area (Å²) in [6.07, 6.45) is 2.67. The highest BCUT2D eigenvalue weighted by Gasteiger charge is 2.67. The Bertz CT molecular complexity index is 1680. The first-order chi connectivity index (χ1) is 20.8. The third-order valence-electron chi connectivity index (χ3n) is 10.1. The number of imide groups is 2. The first kappa shape index (κ1) is 27.1. The zero-order valence-electron chi connectivity index (χ0n) is 24.0. The number of fused-ring (bicyclic) bond motifs is 4. The van der Waals surface area contributed by atoms with Crippen LogP contribution in [0.5, 0.6) is 11.5 Å². The number of phenolic OH excluding ortho intramolecular Hbond substituents is 1. The molecule has 8 heteroatoms. The molecule has 0 unspecified atom stereocenters. The first-order valence-electron chi connectivity index (χ1n) is 14.6. The molecule has 1 saturated carbocycles. The van der Waals surface area contributed by atoms with Crippen LogP contribution in [0.1, 0.15) is 36.8 Å². The first-order valence-corrected chi connectivity index (χ1v) is 14.6. The summed E-state index contributed by atoms with van der Waals surface area (Å²) in [4.78, 5) is 59.1. The van der Waals surface area contributed by atoms with Gasteiger partial charge in [0.25, 0.3) is 0 Å². The van der Waals surface area contributed by atoms with Gasteiger partial charge in [0.2, 0.25) is 23.6 Å². The van der Waals surface area contributed by atoms with Crippen molar-refractivity contribution in [2.45, 2.75) is 32.2 Å². The molecule has 8 nitrogen and oxygen atoms in total. The lowest BCUT2D eigenvalue weighted by Crippen LogP contribution is -2.49. The Balaban J connectivity index is 1.36. The number of methoxy groups -OCH3 is 1. The molecule has 0 spiro atoms. The normalized spacial score (nSPS) is 29.7. The fraction of sp³-hybridized carbons (Fsp3) is 0.314. The number of likely N-dealkylation sites (tertiary alicyclic amines) is 1. The van der Waals surface area contributed by atoms with E-state index in [4.69, 9.17) is 4.74 Å². The molecule has 2 aliphatic heterocycles. The van der Waals surface area contributed by atoms with E-state index in [1.165, 1.54) is 23.0 Å². The summed E-state index contributed by atoms with van der Waals surface area (Å²) in [5.41, 5.74) is 1.73. The second kappa shape index (κ2) is 9.93. The fourth-order valence-electron chi connectivity index (χ4n) is 8.11. The predicted molar refractivity (Wildman–Crippen MR) is 158 cm³/mol. The summed E-state index contributed by atoms with van der Waals surface area (Å²) in [5, 5.41) is 10.3. The van der Waals surface area contributed by atoms with Gasteiger partial charge in [-0.2, -0.15) is 0 Å². The van der Waals surface area contributed by atoms with Gasteiger partial charge in [0.1, 0.15) is 11.5 Å². The van der Waals surface area contributed by atoms with Gasteiger partial charge in [0, 0.05) is 17.5 Å². The van der Waals surface area contributed by atoms with Gasteiger partial charge in [-0.1, -0.05) is 66.2 Å². The van der Waals surface area contributed by atoms with Crippen molar-refractivity contribution >= 4 is 29.3 Å². The number of amides is 4. The van der Waals surface area contributed by atoms with Crippen LogP contribution in [0.25, 0.3) is 0 Å². The highest BCUT2D eigenvalue weighted by Crippen LogP contribution is 2.64. The average Bonchev–Trinajstić information content (AvgIpc) is 3.37. The van der Waals surface area contributed by atoms with Crippen molar-refractivity contribution in [3.05, 3.63) is 102 Å². The minimum Gasteiger partial charge on any atom is -0.508 e. The Morgan fingerprint density at radius 2 is 1.58 bits per heavy atom. The molecule has 4 aliphatic rings. The lowest BCUT2D eigenvalue weighted by Gasteiger charge is -2.49. The van der Waals surface area contributed by atoms with Crippen molar-refractivity contribution in [2.75, 3.05) is 12.0 Å². The lowest BCUT2D eigenvalue weighted by molar-refractivity contribution is -0.141. The Hall–Kier alpha value is -4.72. The highest BCUT2D eigenvalue weighted by molar-refractivity contribution is 6.24. The number of anilines is 1. The van der Waals surface area contributed by atoms with Crippen LogP contribution >= 0.6 is 0 Å². The molecule has 218 valence electrons. The van der Waals surface area contributed by atoms with Gasteiger partial charge in [0.05, 0.1) is 42.5 Å². The van der Waals surface area contributed by atoms with Crippen molar-refractivity contribution in [1.29, 1.82) is 0 Å². The maximum atomic E-state index is 14.5. The summed E-state index contributed by atoms with van der Waals surface area (Å²) in [6.45, 7) is 2.04. The number of ether oxygens (including phenoxy) is 1. The summed E-state index contributed by atoms with van der Waals surface area (Å²) >= 11 is 0. The van der Waals surface area contributed by atoms with E-state index in [2.05, 4.69) is 0 Å². The molecular formula is C35H32N2O6. The van der Waals surface area contributed by atoms with E-state index in [0.717, 1.165) is 11.1 Å². The van der Waals surface area contributed by atoms with E-state index in [1.807, 2.05) is 49.4 Å². The van der Waals surface area contributed by atoms with Crippen molar-refractivity contribution in [3.63, 3.8) is 0 Å². The van der Waals surface area contributed by atoms with Gasteiger partial charge >= 0.3 is 0 Å². The molecular weight excluding hydrogens is 544 g/mol. The van der Waals surface area contributed by atoms with Crippen molar-refractivity contribution in [3.8, 4) is 11.5 Å². The second-order valence-electron chi connectivity index (χ2n) is 12.2. The van der Waals surface area contributed by atoms with Crippen LogP contribution < -0.4 is 9.64 Å². The van der Waals surface area contributed by atoms with Crippen molar-refractivity contribution < 1.29 is 29.0 Å². The van der Waals surface area contributed by atoms with Gasteiger partial charge < -0.3 is 9.84 Å². The molecule has 3 aromatic carbocycles. The van der Waals surface area contributed by atoms with Crippen LogP contribution in [0.15, 0.2) is 90.5 Å². The summed E-state index contributed by atoms with van der Waals surface area (Å²) in [5.74, 6) is -3.52. The Kier molecular flexibility index (Phi) is 6.27. The van der Waals surface area contributed by atoms with Gasteiger partial charge in [-0.05, 0) is 49.4 Å². The third-order valence-corrected chi connectivity index (χ3v) is 10.1. The molecule has 43 heavy (non-hydrogen) atoms. The quantitative estimate of drug-likeness (QED) is 0.345. The summed E-state index contributed by atoms with van der Waals surface area (Å²) < 4.78 is 5.71. The van der Waals surface area contributed by atoms with Crippen molar-refractivity contribution in [1.82, 2.24) is 4.90 Å². The number of carbonyl (C=O) groups is 4. The number of phenols is 1. The van der Waals surface area contributed by atoms with Crippen LogP contribution in [0, 0.1) is 29.1 Å². The number of benzene rings is 3. The van der Waals surface area contributed by atoms with Crippen LogP contribution in [0.2, 0.25) is 0 Å². The SMILES string of the molecule is COc1cc(O)ccc1[C@H]1C2=CC[C@@H]3C(=O)N(Cc4ccccc4)C(=O)[C@@H]3[C@@H]2C[C@H]2C(=O)N(c3ccccc3)C(=O)[C@@]12C. The number of carbonyl (C=O) groups excluding carboxylic acids is 4. The number of rotatable bonds is 5. The molecule has 2 saturated heterocycles.